The molecule has 0 aliphatic heterocycles. The molecule has 0 fully saturated rings. The van der Waals surface area contributed by atoms with Crippen LogP contribution in [0.15, 0.2) is 47.8 Å². The highest BCUT2D eigenvalue weighted by Crippen LogP contribution is 2.36. The average molecular weight is 423 g/mol. The number of para-hydroxylation sites is 1. The van der Waals surface area contributed by atoms with Gasteiger partial charge < -0.3 is 14.8 Å². The zero-order valence-corrected chi connectivity index (χ0v) is 16.1. The Kier molecular flexibility index (Phi) is 5.92. The van der Waals surface area contributed by atoms with Gasteiger partial charge in [0.05, 0.1) is 31.2 Å². The van der Waals surface area contributed by atoms with Crippen molar-refractivity contribution in [3.05, 3.63) is 53.4 Å². The molecule has 3 rings (SSSR count). The first-order valence-electron chi connectivity index (χ1n) is 8.24. The zero-order chi connectivity index (χ0) is 21.0. The number of hydrogen-bond donors (Lipinski definition) is 2. The SMILES string of the molecule is COc1ccc(OC)c(-c2csc(NC(=O)Nc3ccccc3C(F)(F)F)n2)c1. The van der Waals surface area contributed by atoms with E-state index in [0.29, 0.717) is 22.8 Å². The molecule has 0 saturated carbocycles. The van der Waals surface area contributed by atoms with Gasteiger partial charge in [-0.3, -0.25) is 5.32 Å². The lowest BCUT2D eigenvalue weighted by molar-refractivity contribution is -0.136. The van der Waals surface area contributed by atoms with Crippen LogP contribution in [0.1, 0.15) is 5.56 Å². The van der Waals surface area contributed by atoms with Crippen molar-refractivity contribution in [2.75, 3.05) is 24.9 Å². The molecule has 0 radical (unpaired) electrons. The number of benzene rings is 2. The van der Waals surface area contributed by atoms with Crippen LogP contribution >= 0.6 is 11.3 Å². The van der Waals surface area contributed by atoms with Crippen molar-refractivity contribution in [2.24, 2.45) is 0 Å². The number of carbonyl (C=O) groups is 1. The maximum atomic E-state index is 13.0. The number of carbonyl (C=O) groups excluding carboxylic acids is 1. The number of aromatic nitrogens is 1. The lowest BCUT2D eigenvalue weighted by Crippen LogP contribution is -2.21. The highest BCUT2D eigenvalue weighted by molar-refractivity contribution is 7.14. The molecule has 152 valence electrons. The molecule has 2 amide bonds. The second-order valence-corrected chi connectivity index (χ2v) is 6.58. The Morgan fingerprint density at radius 1 is 1.07 bits per heavy atom. The number of nitrogens with one attached hydrogen (secondary N) is 2. The van der Waals surface area contributed by atoms with Crippen LogP contribution in [0.3, 0.4) is 0 Å². The van der Waals surface area contributed by atoms with Gasteiger partial charge in [-0.1, -0.05) is 12.1 Å². The van der Waals surface area contributed by atoms with Gasteiger partial charge in [0.25, 0.3) is 0 Å². The number of alkyl halides is 3. The molecular weight excluding hydrogens is 407 g/mol. The Morgan fingerprint density at radius 3 is 2.52 bits per heavy atom. The Labute approximate surface area is 168 Å². The van der Waals surface area contributed by atoms with Crippen molar-refractivity contribution in [1.82, 2.24) is 4.98 Å². The van der Waals surface area contributed by atoms with Crippen molar-refractivity contribution in [3.8, 4) is 22.8 Å². The summed E-state index contributed by atoms with van der Waals surface area (Å²) < 4.78 is 49.7. The molecule has 1 heterocycles. The number of thiazole rings is 1. The van der Waals surface area contributed by atoms with E-state index in [0.717, 1.165) is 17.4 Å². The molecule has 29 heavy (non-hydrogen) atoms. The largest absolute Gasteiger partial charge is 0.497 e. The molecule has 2 N–H and O–H groups in total. The summed E-state index contributed by atoms with van der Waals surface area (Å²) in [5.41, 5.74) is -0.101. The summed E-state index contributed by atoms with van der Waals surface area (Å²) in [5.74, 6) is 1.16. The fraction of sp³-hybridized carbons (Fsp3) is 0.158. The van der Waals surface area contributed by atoms with Gasteiger partial charge in [0.15, 0.2) is 5.13 Å². The molecule has 2 aromatic carbocycles. The van der Waals surface area contributed by atoms with E-state index < -0.39 is 17.8 Å². The number of anilines is 2. The highest BCUT2D eigenvalue weighted by Gasteiger charge is 2.33. The molecule has 6 nitrogen and oxygen atoms in total. The molecule has 0 aliphatic carbocycles. The maximum Gasteiger partial charge on any atom is 0.418 e. The number of amides is 2. The van der Waals surface area contributed by atoms with Gasteiger partial charge >= 0.3 is 12.2 Å². The van der Waals surface area contributed by atoms with Crippen LogP contribution < -0.4 is 20.1 Å². The fourth-order valence-electron chi connectivity index (χ4n) is 2.56. The fourth-order valence-corrected chi connectivity index (χ4v) is 3.26. The predicted octanol–water partition coefficient (Wildman–Crippen LogP) is 5.49. The van der Waals surface area contributed by atoms with Crippen molar-refractivity contribution in [2.45, 2.75) is 6.18 Å². The molecule has 3 aromatic rings. The van der Waals surface area contributed by atoms with E-state index in [9.17, 15) is 18.0 Å². The second-order valence-electron chi connectivity index (χ2n) is 5.73. The molecule has 0 spiro atoms. The van der Waals surface area contributed by atoms with Crippen LogP contribution in [0, 0.1) is 0 Å². The Morgan fingerprint density at radius 2 is 1.83 bits per heavy atom. The maximum absolute atomic E-state index is 13.0. The Hall–Kier alpha value is -3.27. The van der Waals surface area contributed by atoms with Crippen LogP contribution in [-0.4, -0.2) is 25.2 Å². The quantitative estimate of drug-likeness (QED) is 0.569. The summed E-state index contributed by atoms with van der Waals surface area (Å²) in [6.07, 6.45) is -4.58. The summed E-state index contributed by atoms with van der Waals surface area (Å²) in [7, 11) is 3.05. The molecule has 0 aliphatic rings. The average Bonchev–Trinajstić information content (AvgIpc) is 3.15. The van der Waals surface area contributed by atoms with Gasteiger partial charge in [0.2, 0.25) is 0 Å². The topological polar surface area (TPSA) is 72.5 Å². The predicted molar refractivity (Wildman–Crippen MR) is 105 cm³/mol. The number of methoxy groups -OCH3 is 2. The van der Waals surface area contributed by atoms with Crippen LogP contribution in [0.4, 0.5) is 28.8 Å². The molecule has 10 heteroatoms. The van der Waals surface area contributed by atoms with E-state index in [1.807, 2.05) is 0 Å². The van der Waals surface area contributed by atoms with Gasteiger partial charge in [0, 0.05) is 10.9 Å². The molecule has 1 aromatic heterocycles. The van der Waals surface area contributed by atoms with E-state index in [4.69, 9.17) is 9.47 Å². The van der Waals surface area contributed by atoms with Gasteiger partial charge in [-0.2, -0.15) is 13.2 Å². The monoisotopic (exact) mass is 423 g/mol. The Balaban J connectivity index is 1.77. The smallest absolute Gasteiger partial charge is 0.418 e. The highest BCUT2D eigenvalue weighted by atomic mass is 32.1. The van der Waals surface area contributed by atoms with Gasteiger partial charge in [-0.25, -0.2) is 9.78 Å². The number of nitrogens with zero attached hydrogens (tertiary/aromatic N) is 1. The first-order chi connectivity index (χ1) is 13.8. The van der Waals surface area contributed by atoms with Crippen LogP contribution in [0.5, 0.6) is 11.5 Å². The molecular formula is C19H16F3N3O3S. The lowest BCUT2D eigenvalue weighted by Gasteiger charge is -2.13. The van der Waals surface area contributed by atoms with Crippen molar-refractivity contribution in [1.29, 1.82) is 0 Å². The summed E-state index contributed by atoms with van der Waals surface area (Å²) in [4.78, 5) is 16.5. The van der Waals surface area contributed by atoms with Gasteiger partial charge in [0.1, 0.15) is 11.5 Å². The molecule has 0 unspecified atom stereocenters. The number of hydrogen-bond acceptors (Lipinski definition) is 5. The first kappa shape index (κ1) is 20.5. The van der Waals surface area contributed by atoms with E-state index in [2.05, 4.69) is 15.6 Å². The first-order valence-corrected chi connectivity index (χ1v) is 9.12. The number of ether oxygens (including phenoxy) is 2. The normalized spacial score (nSPS) is 11.1. The van der Waals surface area contributed by atoms with Crippen molar-refractivity contribution >= 4 is 28.2 Å². The molecule has 0 bridgehead atoms. The van der Waals surface area contributed by atoms with Crippen LogP contribution in [0.25, 0.3) is 11.3 Å². The minimum atomic E-state index is -4.58. The van der Waals surface area contributed by atoms with Crippen molar-refractivity contribution < 1.29 is 27.4 Å². The number of urea groups is 1. The third-order valence-electron chi connectivity index (χ3n) is 3.89. The van der Waals surface area contributed by atoms with Crippen molar-refractivity contribution in [3.63, 3.8) is 0 Å². The standard InChI is InChI=1S/C19H16F3N3O3S/c1-27-11-7-8-16(28-2)12(9-11)15-10-29-18(24-15)25-17(26)23-14-6-4-3-5-13(14)19(20,21)22/h3-10H,1-2H3,(H2,23,24,25,26). The lowest BCUT2D eigenvalue weighted by atomic mass is 10.1. The summed E-state index contributed by atoms with van der Waals surface area (Å²) in [6, 6.07) is 9.09. The number of halogens is 3. The van der Waals surface area contributed by atoms with E-state index in [1.54, 1.807) is 23.6 Å². The Bertz CT molecular complexity index is 1020. The second kappa shape index (κ2) is 8.39. The zero-order valence-electron chi connectivity index (χ0n) is 15.3. The minimum absolute atomic E-state index is 0.215. The third-order valence-corrected chi connectivity index (χ3v) is 4.65. The van der Waals surface area contributed by atoms with E-state index >= 15 is 0 Å². The number of rotatable bonds is 5. The van der Waals surface area contributed by atoms with E-state index in [-0.39, 0.29) is 10.8 Å². The van der Waals surface area contributed by atoms with Gasteiger partial charge in [-0.05, 0) is 30.3 Å². The van der Waals surface area contributed by atoms with E-state index in [1.165, 1.54) is 32.4 Å². The summed E-state index contributed by atoms with van der Waals surface area (Å²) >= 11 is 1.12. The molecule has 0 atom stereocenters. The summed E-state index contributed by atoms with van der Waals surface area (Å²) in [5, 5.41) is 6.56. The van der Waals surface area contributed by atoms with Crippen LogP contribution in [0.2, 0.25) is 0 Å². The molecule has 0 saturated heterocycles. The van der Waals surface area contributed by atoms with Crippen LogP contribution in [-0.2, 0) is 6.18 Å². The minimum Gasteiger partial charge on any atom is -0.497 e. The van der Waals surface area contributed by atoms with Gasteiger partial charge in [-0.15, -0.1) is 11.3 Å². The third kappa shape index (κ3) is 4.77. The summed E-state index contributed by atoms with van der Waals surface area (Å²) in [6.45, 7) is 0.